The Labute approximate surface area is 266 Å². The van der Waals surface area contributed by atoms with E-state index in [-0.39, 0.29) is 29.5 Å². The smallest absolute Gasteiger partial charge is 0.416 e. The van der Waals surface area contributed by atoms with Gasteiger partial charge in [-0.3, -0.25) is 4.90 Å². The van der Waals surface area contributed by atoms with Gasteiger partial charge >= 0.3 is 17.8 Å². The molecule has 0 saturated heterocycles. The summed E-state index contributed by atoms with van der Waals surface area (Å²) in [5.74, 6) is -0.802. The Kier molecular flexibility index (Phi) is 10.6. The molecule has 16 heteroatoms. The fraction of sp³-hybridized carbons (Fsp3) is 0.290. The third-order valence-corrected chi connectivity index (χ3v) is 7.51. The number of hydrogen-bond acceptors (Lipinski definition) is 9. The number of allylic oxidation sites excluding steroid dienone is 1. The Morgan fingerprint density at radius 2 is 2.02 bits per heavy atom. The minimum Gasteiger partial charge on any atom is -0.554 e. The van der Waals surface area contributed by atoms with Crippen LogP contribution < -0.4 is 20.3 Å². The molecule has 2 aromatic heterocycles. The standard InChI is InChI=1S/C30H28F3N7O4.CH2O2/c1-19-25(27(42)44-2)26(40-28(35-36-29(40)43)39(19)23-6-3-5-22(16-23)30(31,32)33)24-8-7-20(17-34)15-21(24)9-11-38-13-12-37(18-38)10-4-14-41;2-1-3/h3,5-8,12-13,15-16,18,26,41H,4,9-11,14H2,1-2H3;1H,(H,2,3)/t26-;/m1./s1. The number of nitrogens with one attached hydrogen (secondary N) is 1. The molecule has 5 rings (SSSR count). The van der Waals surface area contributed by atoms with E-state index in [1.165, 1.54) is 28.7 Å². The lowest BCUT2D eigenvalue weighted by molar-refractivity contribution is -0.697. The Balaban J connectivity index is 0.00000160. The number of carbonyl (C=O) groups is 2. The number of methoxy groups -OCH3 is 1. The molecule has 1 atom stereocenters. The molecule has 0 saturated carbocycles. The second kappa shape index (κ2) is 14.6. The Bertz CT molecular complexity index is 1890. The number of aromatic nitrogens is 5. The number of H-pyrrole nitrogens is 1. The van der Waals surface area contributed by atoms with Gasteiger partial charge in [0.05, 0.1) is 43.0 Å². The lowest BCUT2D eigenvalue weighted by Crippen LogP contribution is -2.38. The predicted octanol–water partition coefficient (Wildman–Crippen LogP) is 1.73. The zero-order chi connectivity index (χ0) is 34.3. The predicted molar refractivity (Wildman–Crippen MR) is 157 cm³/mol. The van der Waals surface area contributed by atoms with Gasteiger partial charge in [-0.15, -0.1) is 5.10 Å². The van der Waals surface area contributed by atoms with E-state index < -0.39 is 35.9 Å². The van der Waals surface area contributed by atoms with Gasteiger partial charge < -0.3 is 19.7 Å². The molecule has 246 valence electrons. The van der Waals surface area contributed by atoms with Crippen LogP contribution in [0.4, 0.5) is 24.8 Å². The van der Waals surface area contributed by atoms with Crippen molar-refractivity contribution in [2.45, 2.75) is 45.1 Å². The largest absolute Gasteiger partial charge is 0.554 e. The van der Waals surface area contributed by atoms with E-state index in [4.69, 9.17) is 19.7 Å². The van der Waals surface area contributed by atoms with E-state index in [0.29, 0.717) is 42.6 Å². The second-order valence-electron chi connectivity index (χ2n) is 10.3. The monoisotopic (exact) mass is 653 g/mol. The first kappa shape index (κ1) is 34.2. The van der Waals surface area contributed by atoms with Crippen molar-refractivity contribution in [1.82, 2.24) is 19.3 Å². The molecule has 3 heterocycles. The van der Waals surface area contributed by atoms with E-state index in [1.807, 2.05) is 27.9 Å². The number of imidazole rings is 1. The maximum atomic E-state index is 13.6. The molecule has 1 aliphatic rings. The highest BCUT2D eigenvalue weighted by molar-refractivity contribution is 5.93. The van der Waals surface area contributed by atoms with Crippen LogP contribution in [0.25, 0.3) is 0 Å². The number of anilines is 2. The SMILES string of the molecule is COC(=O)C1=C(C)N(c2cccc(C(F)(F)F)c2)c2n[nH]c(=O)n2[C@@H]1c1ccc(C#N)cc1CCn1cc[n+](CCCO)c1.O=C[O-]. The summed E-state index contributed by atoms with van der Waals surface area (Å²) in [7, 11) is 1.18. The lowest BCUT2D eigenvalue weighted by Gasteiger charge is -2.36. The highest BCUT2D eigenvalue weighted by Gasteiger charge is 2.41. The molecule has 47 heavy (non-hydrogen) atoms. The maximum absolute atomic E-state index is 13.6. The first-order valence-electron chi connectivity index (χ1n) is 14.2. The van der Waals surface area contributed by atoms with E-state index in [1.54, 1.807) is 25.1 Å². The van der Waals surface area contributed by atoms with Crippen LogP contribution in [0.1, 0.15) is 41.6 Å². The van der Waals surface area contributed by atoms with E-state index in [0.717, 1.165) is 12.1 Å². The van der Waals surface area contributed by atoms with Gasteiger partial charge in [-0.2, -0.15) is 18.4 Å². The van der Waals surface area contributed by atoms with Crippen molar-refractivity contribution in [3.05, 3.63) is 105 Å². The van der Waals surface area contributed by atoms with Crippen LogP contribution in [-0.4, -0.2) is 50.6 Å². The number of fused-ring (bicyclic) bond motifs is 1. The number of aromatic amines is 1. The summed E-state index contributed by atoms with van der Waals surface area (Å²) < 4.78 is 51.1. The summed E-state index contributed by atoms with van der Waals surface area (Å²) in [5.41, 5.74) is 0.249. The summed E-state index contributed by atoms with van der Waals surface area (Å²) in [6.07, 6.45) is 2.03. The van der Waals surface area contributed by atoms with Crippen molar-refractivity contribution in [2.75, 3.05) is 18.6 Å². The lowest BCUT2D eigenvalue weighted by atomic mass is 9.89. The third kappa shape index (κ3) is 7.25. The zero-order valence-corrected chi connectivity index (χ0v) is 25.3. The van der Waals surface area contributed by atoms with Crippen LogP contribution in [0.15, 0.2) is 77.3 Å². The summed E-state index contributed by atoms with van der Waals surface area (Å²) in [6, 6.07) is 10.5. The van der Waals surface area contributed by atoms with E-state index in [2.05, 4.69) is 16.3 Å². The van der Waals surface area contributed by atoms with Gasteiger partial charge in [0.1, 0.15) is 18.4 Å². The highest BCUT2D eigenvalue weighted by Crippen LogP contribution is 2.43. The van der Waals surface area contributed by atoms with E-state index >= 15 is 0 Å². The van der Waals surface area contributed by atoms with Crippen molar-refractivity contribution in [1.29, 1.82) is 5.26 Å². The number of carboxylic acid groups (broad SMARTS) is 1. The second-order valence-corrected chi connectivity index (χ2v) is 10.3. The minimum absolute atomic E-state index is 0.0184. The number of benzene rings is 2. The van der Waals surface area contributed by atoms with Gasteiger partial charge in [0.25, 0.3) is 0 Å². The molecule has 0 fully saturated rings. The zero-order valence-electron chi connectivity index (χ0n) is 25.3. The molecule has 2 N–H and O–H groups in total. The van der Waals surface area contributed by atoms with Crippen LogP contribution in [0, 0.1) is 11.3 Å². The van der Waals surface area contributed by atoms with Crippen LogP contribution >= 0.6 is 0 Å². The number of halogens is 3. The van der Waals surface area contributed by atoms with Gasteiger partial charge in [-0.05, 0) is 48.4 Å². The molecule has 0 bridgehead atoms. The molecule has 0 aliphatic carbocycles. The number of aliphatic hydroxyl groups excluding tert-OH is 1. The average Bonchev–Trinajstić information content (AvgIpc) is 3.68. The highest BCUT2D eigenvalue weighted by atomic mass is 19.4. The molecule has 0 amide bonds. The van der Waals surface area contributed by atoms with E-state index in [9.17, 15) is 28.0 Å². The van der Waals surface area contributed by atoms with Crippen molar-refractivity contribution >= 4 is 24.1 Å². The first-order chi connectivity index (χ1) is 22.5. The summed E-state index contributed by atoms with van der Waals surface area (Å²) in [5, 5.41) is 33.5. The van der Waals surface area contributed by atoms with Gasteiger partial charge in [-0.1, -0.05) is 12.1 Å². The van der Waals surface area contributed by atoms with Crippen molar-refractivity contribution < 1.29 is 42.3 Å². The summed E-state index contributed by atoms with van der Waals surface area (Å²) in [4.78, 5) is 36.3. The third-order valence-electron chi connectivity index (χ3n) is 7.51. The number of ether oxygens (including phenoxy) is 1. The Morgan fingerprint density at radius 3 is 2.68 bits per heavy atom. The molecule has 2 aromatic carbocycles. The van der Waals surface area contributed by atoms with Gasteiger partial charge in [-0.25, -0.2) is 28.4 Å². The van der Waals surface area contributed by atoms with Crippen molar-refractivity contribution in [3.8, 4) is 6.07 Å². The number of alkyl halides is 3. The molecule has 1 aliphatic heterocycles. The van der Waals surface area contributed by atoms with Crippen LogP contribution in [-0.2, 0) is 40.0 Å². The molecule has 0 unspecified atom stereocenters. The number of nitrogens with zero attached hydrogens (tertiary/aromatic N) is 6. The van der Waals surface area contributed by atoms with Gasteiger partial charge in [0.2, 0.25) is 12.3 Å². The molecule has 0 radical (unpaired) electrons. The molecule has 13 nitrogen and oxygen atoms in total. The number of nitriles is 1. The maximum Gasteiger partial charge on any atom is 0.416 e. The fourth-order valence-electron chi connectivity index (χ4n) is 5.44. The minimum atomic E-state index is -4.63. The summed E-state index contributed by atoms with van der Waals surface area (Å²) in [6.45, 7) is 2.25. The number of aliphatic hydroxyl groups is 1. The van der Waals surface area contributed by atoms with Crippen LogP contribution in [0.3, 0.4) is 0 Å². The van der Waals surface area contributed by atoms with Crippen LogP contribution in [0.5, 0.6) is 0 Å². The fourth-order valence-corrected chi connectivity index (χ4v) is 5.44. The van der Waals surface area contributed by atoms with Crippen molar-refractivity contribution in [2.24, 2.45) is 0 Å². The number of aryl methyl sites for hydroxylation is 3. The molecular formula is C31H30F3N7O6. The number of carbonyl (C=O) groups excluding carboxylic acids is 2. The first-order valence-corrected chi connectivity index (χ1v) is 14.2. The quantitative estimate of drug-likeness (QED) is 0.155. The van der Waals surface area contributed by atoms with Crippen LogP contribution in [0.2, 0.25) is 0 Å². The normalized spacial score (nSPS) is 14.1. The molecular weight excluding hydrogens is 623 g/mol. The Hall–Kier alpha value is -5.69. The van der Waals surface area contributed by atoms with Gasteiger partial charge in [0, 0.05) is 37.3 Å². The average molecular weight is 654 g/mol. The molecule has 4 aromatic rings. The summed E-state index contributed by atoms with van der Waals surface area (Å²) >= 11 is 0. The number of esters is 1. The number of hydrogen-bond donors (Lipinski definition) is 2. The van der Waals surface area contributed by atoms with Gasteiger partial charge in [0.15, 0.2) is 0 Å². The molecule has 0 spiro atoms. The topological polar surface area (TPSA) is 173 Å². The number of rotatable bonds is 9. The Morgan fingerprint density at radius 1 is 1.28 bits per heavy atom. The van der Waals surface area contributed by atoms with Crippen molar-refractivity contribution in [3.63, 3.8) is 0 Å².